The molecule has 0 heterocycles. The van der Waals surface area contributed by atoms with E-state index in [1.54, 1.807) is 0 Å². The third-order valence-corrected chi connectivity index (χ3v) is 3.60. The molecule has 4 heteroatoms. The highest BCUT2D eigenvalue weighted by atomic mass is 35.5. The van der Waals surface area contributed by atoms with E-state index in [4.69, 9.17) is 22.1 Å². The first-order valence-electron chi connectivity index (χ1n) is 5.78. The van der Waals surface area contributed by atoms with Gasteiger partial charge in [-0.25, -0.2) is 0 Å². The SMILES string of the molecule is CCOc1ccc2c(c1)CC(N)(C(=O)Cl)CC2. The zero-order valence-corrected chi connectivity index (χ0v) is 10.6. The lowest BCUT2D eigenvalue weighted by Gasteiger charge is -2.31. The molecule has 0 aliphatic heterocycles. The third-order valence-electron chi connectivity index (χ3n) is 3.23. The Bertz CT molecular complexity index is 447. The zero-order chi connectivity index (χ0) is 12.5. The molecule has 1 aliphatic carbocycles. The summed E-state index contributed by atoms with van der Waals surface area (Å²) in [5.74, 6) is 0.817. The van der Waals surface area contributed by atoms with Crippen LogP contribution < -0.4 is 10.5 Å². The fourth-order valence-electron chi connectivity index (χ4n) is 2.22. The quantitative estimate of drug-likeness (QED) is 0.839. The lowest BCUT2D eigenvalue weighted by molar-refractivity contribution is -0.116. The van der Waals surface area contributed by atoms with Crippen LogP contribution in [0.4, 0.5) is 0 Å². The minimum Gasteiger partial charge on any atom is -0.494 e. The summed E-state index contributed by atoms with van der Waals surface area (Å²) < 4.78 is 5.44. The molecule has 0 amide bonds. The van der Waals surface area contributed by atoms with Gasteiger partial charge in [0.2, 0.25) is 5.24 Å². The Morgan fingerprint density at radius 1 is 1.53 bits per heavy atom. The number of halogens is 1. The Balaban J connectivity index is 2.29. The molecule has 0 bridgehead atoms. The lowest BCUT2D eigenvalue weighted by atomic mass is 9.79. The minimum absolute atomic E-state index is 0.454. The maximum absolute atomic E-state index is 11.4. The van der Waals surface area contributed by atoms with E-state index in [0.717, 1.165) is 17.7 Å². The van der Waals surface area contributed by atoms with Crippen molar-refractivity contribution in [3.8, 4) is 5.75 Å². The second-order valence-corrected chi connectivity index (χ2v) is 4.81. The van der Waals surface area contributed by atoms with Gasteiger partial charge in [0.25, 0.3) is 0 Å². The van der Waals surface area contributed by atoms with Crippen molar-refractivity contribution in [3.63, 3.8) is 0 Å². The van der Waals surface area contributed by atoms with Crippen molar-refractivity contribution in [3.05, 3.63) is 29.3 Å². The first-order chi connectivity index (χ1) is 8.05. The second kappa shape index (κ2) is 4.67. The van der Waals surface area contributed by atoms with Gasteiger partial charge in [0.05, 0.1) is 12.1 Å². The molecule has 2 N–H and O–H groups in total. The van der Waals surface area contributed by atoms with Gasteiger partial charge in [0.15, 0.2) is 0 Å². The average Bonchev–Trinajstić information content (AvgIpc) is 2.29. The number of hydrogen-bond donors (Lipinski definition) is 1. The van der Waals surface area contributed by atoms with Gasteiger partial charge in [-0.05, 0) is 61.0 Å². The van der Waals surface area contributed by atoms with E-state index in [9.17, 15) is 4.79 Å². The molecule has 1 aromatic carbocycles. The monoisotopic (exact) mass is 253 g/mol. The molecule has 0 saturated heterocycles. The van der Waals surface area contributed by atoms with Crippen LogP contribution in [-0.4, -0.2) is 17.4 Å². The Hall–Kier alpha value is -1.06. The predicted octanol–water partition coefficient (Wildman–Crippen LogP) is 2.04. The maximum Gasteiger partial charge on any atom is 0.241 e. The highest BCUT2D eigenvalue weighted by Gasteiger charge is 2.36. The number of hydrogen-bond acceptors (Lipinski definition) is 3. The molecular formula is C13H16ClNO2. The molecule has 1 aromatic rings. The van der Waals surface area contributed by atoms with Crippen LogP contribution in [0, 0.1) is 0 Å². The van der Waals surface area contributed by atoms with Crippen molar-refractivity contribution in [1.29, 1.82) is 0 Å². The summed E-state index contributed by atoms with van der Waals surface area (Å²) in [6, 6.07) is 5.95. The summed E-state index contributed by atoms with van der Waals surface area (Å²) in [4.78, 5) is 11.4. The van der Waals surface area contributed by atoms with E-state index in [2.05, 4.69) is 0 Å². The largest absolute Gasteiger partial charge is 0.494 e. The van der Waals surface area contributed by atoms with Crippen LogP contribution in [0.5, 0.6) is 5.75 Å². The Morgan fingerprint density at radius 2 is 2.29 bits per heavy atom. The van der Waals surface area contributed by atoms with Crippen LogP contribution in [0.15, 0.2) is 18.2 Å². The molecule has 0 fully saturated rings. The summed E-state index contributed by atoms with van der Waals surface area (Å²) in [5, 5.41) is -0.454. The number of rotatable bonds is 3. The number of nitrogens with two attached hydrogens (primary N) is 1. The first kappa shape index (κ1) is 12.4. The molecule has 3 nitrogen and oxygen atoms in total. The van der Waals surface area contributed by atoms with Gasteiger partial charge in [-0.3, -0.25) is 4.79 Å². The van der Waals surface area contributed by atoms with E-state index >= 15 is 0 Å². The Kier molecular flexibility index (Phi) is 3.40. The summed E-state index contributed by atoms with van der Waals surface area (Å²) in [5.41, 5.74) is 7.40. The molecular weight excluding hydrogens is 238 g/mol. The number of carbonyl (C=O) groups is 1. The number of fused-ring (bicyclic) bond motifs is 1. The van der Waals surface area contributed by atoms with Gasteiger partial charge in [0, 0.05) is 0 Å². The van der Waals surface area contributed by atoms with Crippen LogP contribution >= 0.6 is 11.6 Å². The number of carbonyl (C=O) groups excluding carboxylic acids is 1. The fraction of sp³-hybridized carbons (Fsp3) is 0.462. The van der Waals surface area contributed by atoms with E-state index in [1.807, 2.05) is 25.1 Å². The van der Waals surface area contributed by atoms with Gasteiger partial charge < -0.3 is 10.5 Å². The van der Waals surface area contributed by atoms with Crippen LogP contribution in [0.1, 0.15) is 24.5 Å². The van der Waals surface area contributed by atoms with Gasteiger partial charge >= 0.3 is 0 Å². The van der Waals surface area contributed by atoms with Crippen molar-refractivity contribution in [1.82, 2.24) is 0 Å². The van der Waals surface area contributed by atoms with Crippen LogP contribution in [0.25, 0.3) is 0 Å². The molecule has 1 aliphatic rings. The molecule has 0 saturated carbocycles. The highest BCUT2D eigenvalue weighted by Crippen LogP contribution is 2.31. The zero-order valence-electron chi connectivity index (χ0n) is 9.83. The summed E-state index contributed by atoms with van der Waals surface area (Å²) in [6.07, 6.45) is 1.89. The summed E-state index contributed by atoms with van der Waals surface area (Å²) in [7, 11) is 0. The van der Waals surface area contributed by atoms with Gasteiger partial charge in [0.1, 0.15) is 5.75 Å². The van der Waals surface area contributed by atoms with Crippen LogP contribution in [0.2, 0.25) is 0 Å². The van der Waals surface area contributed by atoms with Gasteiger partial charge in [-0.1, -0.05) is 6.07 Å². The summed E-state index contributed by atoms with van der Waals surface area (Å²) >= 11 is 5.57. The van der Waals surface area contributed by atoms with E-state index in [-0.39, 0.29) is 0 Å². The Labute approximate surface area is 106 Å². The predicted molar refractivity (Wildman–Crippen MR) is 67.4 cm³/mol. The van der Waals surface area contributed by atoms with Crippen molar-refractivity contribution < 1.29 is 9.53 Å². The first-order valence-corrected chi connectivity index (χ1v) is 6.16. The van der Waals surface area contributed by atoms with Crippen molar-refractivity contribution in [2.45, 2.75) is 31.7 Å². The standard InChI is InChI=1S/C13H16ClNO2/c1-2-17-11-4-3-9-5-6-13(15,12(14)16)8-10(9)7-11/h3-4,7H,2,5-6,8,15H2,1H3. The number of ether oxygens (including phenoxy) is 1. The second-order valence-electron chi connectivity index (χ2n) is 4.47. The van der Waals surface area contributed by atoms with Gasteiger partial charge in [-0.2, -0.15) is 0 Å². The molecule has 0 aromatic heterocycles. The number of aryl methyl sites for hydroxylation is 1. The van der Waals surface area contributed by atoms with Crippen molar-refractivity contribution >= 4 is 16.8 Å². The van der Waals surface area contributed by atoms with Crippen LogP contribution in [0.3, 0.4) is 0 Å². The molecule has 92 valence electrons. The highest BCUT2D eigenvalue weighted by molar-refractivity contribution is 6.65. The smallest absolute Gasteiger partial charge is 0.241 e. The summed E-state index contributed by atoms with van der Waals surface area (Å²) in [6.45, 7) is 2.57. The topological polar surface area (TPSA) is 52.3 Å². The molecule has 1 atom stereocenters. The Morgan fingerprint density at radius 3 is 2.94 bits per heavy atom. The third kappa shape index (κ3) is 2.45. The fourth-order valence-corrected chi connectivity index (χ4v) is 2.38. The minimum atomic E-state index is -0.917. The maximum atomic E-state index is 11.4. The number of benzene rings is 1. The molecule has 0 radical (unpaired) electrons. The van der Waals surface area contributed by atoms with Crippen molar-refractivity contribution in [2.75, 3.05) is 6.61 Å². The molecule has 1 unspecified atom stereocenters. The van der Waals surface area contributed by atoms with Crippen molar-refractivity contribution in [2.24, 2.45) is 5.73 Å². The molecule has 2 rings (SSSR count). The van der Waals surface area contributed by atoms with E-state index in [1.165, 1.54) is 5.56 Å². The lowest BCUT2D eigenvalue weighted by Crippen LogP contribution is -2.50. The average molecular weight is 254 g/mol. The van der Waals surface area contributed by atoms with Crippen LogP contribution in [-0.2, 0) is 17.6 Å². The molecule has 0 spiro atoms. The van der Waals surface area contributed by atoms with E-state index in [0.29, 0.717) is 19.4 Å². The molecule has 17 heavy (non-hydrogen) atoms. The normalized spacial score (nSPS) is 23.0. The van der Waals surface area contributed by atoms with E-state index < -0.39 is 10.8 Å². The van der Waals surface area contributed by atoms with Gasteiger partial charge in [-0.15, -0.1) is 0 Å².